The number of benzene rings is 1. The summed E-state index contributed by atoms with van der Waals surface area (Å²) < 4.78 is 29.6. The molecule has 0 radical (unpaired) electrons. The lowest BCUT2D eigenvalue weighted by molar-refractivity contribution is -0.147. The van der Waals surface area contributed by atoms with E-state index in [2.05, 4.69) is 0 Å². The van der Waals surface area contributed by atoms with E-state index in [1.54, 1.807) is 19.9 Å². The summed E-state index contributed by atoms with van der Waals surface area (Å²) in [5.74, 6) is -1.45. The molecule has 6 nitrogen and oxygen atoms in total. The van der Waals surface area contributed by atoms with E-state index in [1.807, 2.05) is 0 Å². The first-order valence-electron chi connectivity index (χ1n) is 5.69. The van der Waals surface area contributed by atoms with Crippen LogP contribution in [0.2, 0.25) is 0 Å². The third-order valence-corrected chi connectivity index (χ3v) is 4.34. The SMILES string of the molecule is CC(C)OC(=O)CN1C(=O)c2ccccc2S1(=O)=O. The molecule has 0 unspecified atom stereocenters. The first-order valence-corrected chi connectivity index (χ1v) is 7.13. The molecule has 1 aliphatic rings. The number of sulfonamides is 1. The van der Waals surface area contributed by atoms with Gasteiger partial charge in [0.05, 0.1) is 11.7 Å². The molecule has 0 saturated heterocycles. The number of amides is 1. The van der Waals surface area contributed by atoms with Gasteiger partial charge in [-0.2, -0.15) is 0 Å². The van der Waals surface area contributed by atoms with Crippen molar-refractivity contribution >= 4 is 21.9 Å². The molecule has 0 fully saturated rings. The maximum atomic E-state index is 12.1. The van der Waals surface area contributed by atoms with Gasteiger partial charge in [-0.05, 0) is 26.0 Å². The van der Waals surface area contributed by atoms with Crippen molar-refractivity contribution < 1.29 is 22.7 Å². The molecule has 0 N–H and O–H groups in total. The van der Waals surface area contributed by atoms with Crippen LogP contribution in [0.25, 0.3) is 0 Å². The fourth-order valence-electron chi connectivity index (χ4n) is 1.80. The summed E-state index contributed by atoms with van der Waals surface area (Å²) in [6.07, 6.45) is -0.365. The zero-order valence-electron chi connectivity index (χ0n) is 10.5. The highest BCUT2D eigenvalue weighted by molar-refractivity contribution is 7.90. The quantitative estimate of drug-likeness (QED) is 0.766. The van der Waals surface area contributed by atoms with Crippen LogP contribution in [-0.2, 0) is 19.6 Å². The van der Waals surface area contributed by atoms with Crippen molar-refractivity contribution in [1.29, 1.82) is 0 Å². The third-order valence-electron chi connectivity index (χ3n) is 2.55. The van der Waals surface area contributed by atoms with Crippen LogP contribution in [0.3, 0.4) is 0 Å². The Labute approximate surface area is 111 Å². The smallest absolute Gasteiger partial charge is 0.327 e. The molecule has 0 saturated carbocycles. The Morgan fingerprint density at radius 2 is 1.95 bits per heavy atom. The Bertz CT molecular complexity index is 635. The fourth-order valence-corrected chi connectivity index (χ4v) is 3.32. The van der Waals surface area contributed by atoms with Crippen LogP contribution in [0.5, 0.6) is 0 Å². The molecule has 0 aromatic heterocycles. The molecular weight excluding hydrogens is 270 g/mol. The predicted octanol–water partition coefficient (Wildman–Crippen LogP) is 0.783. The maximum absolute atomic E-state index is 12.1. The Kier molecular flexibility index (Phi) is 3.32. The molecule has 102 valence electrons. The van der Waals surface area contributed by atoms with Gasteiger partial charge in [-0.15, -0.1) is 0 Å². The topological polar surface area (TPSA) is 80.8 Å². The molecule has 7 heteroatoms. The minimum atomic E-state index is -3.94. The molecule has 0 spiro atoms. The molecule has 1 aliphatic heterocycles. The summed E-state index contributed by atoms with van der Waals surface area (Å²) in [5, 5.41) is 0. The number of nitrogens with zero attached hydrogens (tertiary/aromatic N) is 1. The number of hydrogen-bond donors (Lipinski definition) is 0. The average molecular weight is 283 g/mol. The van der Waals surface area contributed by atoms with Gasteiger partial charge in [-0.3, -0.25) is 9.59 Å². The highest BCUT2D eigenvalue weighted by Gasteiger charge is 2.42. The molecule has 0 aliphatic carbocycles. The van der Waals surface area contributed by atoms with Crippen molar-refractivity contribution in [3.8, 4) is 0 Å². The summed E-state index contributed by atoms with van der Waals surface area (Å²) in [6, 6.07) is 5.86. The second-order valence-corrected chi connectivity index (χ2v) is 6.18. The Balaban J connectivity index is 2.31. The highest BCUT2D eigenvalue weighted by Crippen LogP contribution is 2.29. The van der Waals surface area contributed by atoms with Gasteiger partial charge in [0.1, 0.15) is 11.4 Å². The summed E-state index contributed by atoms with van der Waals surface area (Å²) in [5.41, 5.74) is 0.0832. The van der Waals surface area contributed by atoms with E-state index >= 15 is 0 Å². The number of carbonyl (C=O) groups is 2. The van der Waals surface area contributed by atoms with E-state index in [1.165, 1.54) is 18.2 Å². The summed E-state index contributed by atoms with van der Waals surface area (Å²) in [7, 11) is -3.94. The molecule has 0 atom stereocenters. The van der Waals surface area contributed by atoms with Crippen molar-refractivity contribution in [2.75, 3.05) is 6.54 Å². The number of esters is 1. The summed E-state index contributed by atoms with van der Waals surface area (Å²) in [6.45, 7) is 2.69. The van der Waals surface area contributed by atoms with E-state index in [0.717, 1.165) is 0 Å². The first-order chi connectivity index (χ1) is 8.84. The number of rotatable bonds is 3. The molecule has 0 bridgehead atoms. The van der Waals surface area contributed by atoms with Gasteiger partial charge >= 0.3 is 5.97 Å². The molecule has 1 heterocycles. The Morgan fingerprint density at radius 1 is 1.32 bits per heavy atom. The van der Waals surface area contributed by atoms with Gasteiger partial charge in [-0.1, -0.05) is 12.1 Å². The van der Waals surface area contributed by atoms with E-state index in [9.17, 15) is 18.0 Å². The average Bonchev–Trinajstić information content (AvgIpc) is 2.51. The third kappa shape index (κ3) is 2.33. The standard InChI is InChI=1S/C12H13NO5S/c1-8(2)18-11(14)7-13-12(15)9-5-3-4-6-10(9)19(13,16)17/h3-6,8H,7H2,1-2H3. The molecule has 2 rings (SSSR count). The minimum absolute atomic E-state index is 0.0719. The zero-order chi connectivity index (χ0) is 14.2. The molecule has 19 heavy (non-hydrogen) atoms. The molecule has 1 aromatic carbocycles. The lowest BCUT2D eigenvalue weighted by Crippen LogP contribution is -2.36. The normalized spacial score (nSPS) is 16.6. The number of hydrogen-bond acceptors (Lipinski definition) is 5. The minimum Gasteiger partial charge on any atom is -0.462 e. The maximum Gasteiger partial charge on any atom is 0.327 e. The number of carbonyl (C=O) groups excluding carboxylic acids is 2. The Hall–Kier alpha value is -1.89. The van der Waals surface area contributed by atoms with Crippen molar-refractivity contribution in [3.63, 3.8) is 0 Å². The number of ether oxygens (including phenoxy) is 1. The highest BCUT2D eigenvalue weighted by atomic mass is 32.2. The van der Waals surface area contributed by atoms with Crippen LogP contribution in [0, 0.1) is 0 Å². The van der Waals surface area contributed by atoms with Crippen LogP contribution >= 0.6 is 0 Å². The van der Waals surface area contributed by atoms with Crippen molar-refractivity contribution in [1.82, 2.24) is 4.31 Å². The van der Waals surface area contributed by atoms with Crippen molar-refractivity contribution in [2.24, 2.45) is 0 Å². The fraction of sp³-hybridized carbons (Fsp3) is 0.333. The lowest BCUT2D eigenvalue weighted by atomic mass is 10.2. The lowest BCUT2D eigenvalue weighted by Gasteiger charge is -2.15. The van der Waals surface area contributed by atoms with Crippen molar-refractivity contribution in [3.05, 3.63) is 29.8 Å². The second kappa shape index (κ2) is 4.65. The van der Waals surface area contributed by atoms with Gasteiger partial charge in [-0.25, -0.2) is 12.7 Å². The van der Waals surface area contributed by atoms with Crippen LogP contribution in [0.1, 0.15) is 24.2 Å². The monoisotopic (exact) mass is 283 g/mol. The second-order valence-electron chi connectivity index (χ2n) is 4.35. The largest absolute Gasteiger partial charge is 0.462 e. The van der Waals surface area contributed by atoms with Gasteiger partial charge < -0.3 is 4.74 Å². The number of fused-ring (bicyclic) bond motifs is 1. The Morgan fingerprint density at radius 3 is 2.53 bits per heavy atom. The van der Waals surface area contributed by atoms with Crippen LogP contribution < -0.4 is 0 Å². The van der Waals surface area contributed by atoms with Gasteiger partial charge in [0.15, 0.2) is 0 Å². The molecule has 1 aromatic rings. The summed E-state index contributed by atoms with van der Waals surface area (Å²) >= 11 is 0. The van der Waals surface area contributed by atoms with Crippen LogP contribution in [0.15, 0.2) is 29.2 Å². The van der Waals surface area contributed by atoms with E-state index < -0.39 is 28.4 Å². The van der Waals surface area contributed by atoms with Gasteiger partial charge in [0.2, 0.25) is 0 Å². The van der Waals surface area contributed by atoms with Crippen molar-refractivity contribution in [2.45, 2.75) is 24.8 Å². The van der Waals surface area contributed by atoms with Crippen LogP contribution in [-0.4, -0.2) is 37.2 Å². The van der Waals surface area contributed by atoms with Crippen LogP contribution in [0.4, 0.5) is 0 Å². The first kappa shape index (κ1) is 13.5. The van der Waals surface area contributed by atoms with E-state index in [-0.39, 0.29) is 16.6 Å². The van der Waals surface area contributed by atoms with E-state index in [4.69, 9.17) is 4.74 Å². The zero-order valence-corrected chi connectivity index (χ0v) is 11.3. The predicted molar refractivity (Wildman–Crippen MR) is 65.9 cm³/mol. The summed E-state index contributed by atoms with van der Waals surface area (Å²) in [4.78, 5) is 23.4. The molecular formula is C12H13NO5S. The van der Waals surface area contributed by atoms with Gasteiger partial charge in [0.25, 0.3) is 15.9 Å². The van der Waals surface area contributed by atoms with Gasteiger partial charge in [0, 0.05) is 0 Å². The molecule has 1 amide bonds. The van der Waals surface area contributed by atoms with E-state index in [0.29, 0.717) is 4.31 Å².